The van der Waals surface area contributed by atoms with Crippen LogP contribution in [0.25, 0.3) is 21.8 Å². The van der Waals surface area contributed by atoms with E-state index in [2.05, 4.69) is 44.9 Å². The Labute approximate surface area is 161 Å². The molecule has 2 aromatic heterocycles. The lowest BCUT2D eigenvalue weighted by Gasteiger charge is -2.10. The monoisotopic (exact) mass is 383 g/mol. The van der Waals surface area contributed by atoms with Gasteiger partial charge in [0.1, 0.15) is 12.6 Å². The molecule has 146 valence electrons. The van der Waals surface area contributed by atoms with Gasteiger partial charge in [0.15, 0.2) is 12.4 Å². The van der Waals surface area contributed by atoms with Crippen molar-refractivity contribution in [1.82, 2.24) is 20.2 Å². The van der Waals surface area contributed by atoms with Gasteiger partial charge in [-0.2, -0.15) is 5.01 Å². The van der Waals surface area contributed by atoms with Crippen LogP contribution in [0.3, 0.4) is 0 Å². The minimum Gasteiger partial charge on any atom is -0.354 e. The molecule has 3 amide bonds. The van der Waals surface area contributed by atoms with E-state index in [1.165, 1.54) is 7.05 Å². The standard InChI is InChI=1S/C19H22N6O3/c1-23-11-7-15-14-5-3-4-6-16(14)25(17(15)13-23)12-8-18(26)20-9-10-21-19(27)24(2)22-28/h3-7,11,13H,8-10,12H2,1-2H3,(H-,20,21,26,27)/p+1. The quantitative estimate of drug-likeness (QED) is 0.279. The molecule has 28 heavy (non-hydrogen) atoms. The number of amides is 3. The van der Waals surface area contributed by atoms with Gasteiger partial charge in [-0.1, -0.05) is 18.2 Å². The third kappa shape index (κ3) is 4.08. The Bertz CT molecular complexity index is 1030. The van der Waals surface area contributed by atoms with Gasteiger partial charge in [0.2, 0.25) is 5.91 Å². The molecule has 3 aromatic rings. The van der Waals surface area contributed by atoms with Crippen molar-refractivity contribution in [3.8, 4) is 0 Å². The Hall–Kier alpha value is -3.49. The van der Waals surface area contributed by atoms with Gasteiger partial charge < -0.3 is 15.2 Å². The summed E-state index contributed by atoms with van der Waals surface area (Å²) in [5, 5.41) is 10.7. The predicted octanol–water partition coefficient (Wildman–Crippen LogP) is 1.45. The van der Waals surface area contributed by atoms with Crippen molar-refractivity contribution in [3.05, 3.63) is 47.6 Å². The second-order valence-electron chi connectivity index (χ2n) is 6.52. The van der Waals surface area contributed by atoms with Crippen molar-refractivity contribution >= 4 is 33.7 Å². The summed E-state index contributed by atoms with van der Waals surface area (Å²) in [6.45, 7) is 1.04. The first-order chi connectivity index (χ1) is 13.5. The largest absolute Gasteiger partial charge is 0.354 e. The SMILES string of the molecule is CN(N=O)C(=O)NCCNC(=O)CCn1c2ccccc2c2cc[n+](C)cc21. The van der Waals surface area contributed by atoms with E-state index in [-0.39, 0.29) is 19.0 Å². The molecular weight excluding hydrogens is 360 g/mol. The molecule has 0 fully saturated rings. The van der Waals surface area contributed by atoms with Crippen molar-refractivity contribution in [2.75, 3.05) is 20.1 Å². The highest BCUT2D eigenvalue weighted by molar-refractivity contribution is 6.07. The third-order valence-corrected chi connectivity index (χ3v) is 4.56. The number of nitroso groups, excluding NO2 is 1. The van der Waals surface area contributed by atoms with Crippen LogP contribution in [0.15, 0.2) is 48.0 Å². The highest BCUT2D eigenvalue weighted by atomic mass is 16.3. The molecule has 0 spiro atoms. The number of fused-ring (bicyclic) bond motifs is 3. The maximum absolute atomic E-state index is 12.2. The van der Waals surface area contributed by atoms with Crippen LogP contribution < -0.4 is 15.2 Å². The fourth-order valence-electron chi connectivity index (χ4n) is 3.16. The van der Waals surface area contributed by atoms with Crippen LogP contribution in [0.2, 0.25) is 0 Å². The van der Waals surface area contributed by atoms with Crippen molar-refractivity contribution in [3.63, 3.8) is 0 Å². The Balaban J connectivity index is 1.62. The summed E-state index contributed by atoms with van der Waals surface area (Å²) in [6, 6.07) is 9.62. The summed E-state index contributed by atoms with van der Waals surface area (Å²) in [4.78, 5) is 33.8. The fraction of sp³-hybridized carbons (Fsp3) is 0.316. The molecule has 9 nitrogen and oxygen atoms in total. The molecule has 1 aromatic carbocycles. The molecule has 2 N–H and O–H groups in total. The predicted molar refractivity (Wildman–Crippen MR) is 105 cm³/mol. The number of pyridine rings is 1. The number of carbonyl (C=O) groups is 2. The van der Waals surface area contributed by atoms with E-state index >= 15 is 0 Å². The van der Waals surface area contributed by atoms with Crippen LogP contribution in [0.4, 0.5) is 4.79 Å². The van der Waals surface area contributed by atoms with E-state index in [4.69, 9.17) is 0 Å². The maximum atomic E-state index is 12.2. The molecule has 0 radical (unpaired) electrons. The molecule has 0 aliphatic heterocycles. The third-order valence-electron chi connectivity index (χ3n) is 4.56. The summed E-state index contributed by atoms with van der Waals surface area (Å²) in [5.74, 6) is -0.109. The minimum atomic E-state index is -0.609. The number of hydrogen-bond acceptors (Lipinski definition) is 4. The zero-order chi connectivity index (χ0) is 20.1. The number of nitrogens with zero attached hydrogens (tertiary/aromatic N) is 4. The Kier molecular flexibility index (Phi) is 5.83. The molecule has 9 heteroatoms. The van der Waals surface area contributed by atoms with E-state index in [0.717, 1.165) is 21.8 Å². The Morgan fingerprint density at radius 1 is 1.11 bits per heavy atom. The zero-order valence-electron chi connectivity index (χ0n) is 15.9. The summed E-state index contributed by atoms with van der Waals surface area (Å²) in [5.41, 5.74) is 2.17. The number of aryl methyl sites for hydroxylation is 2. The highest BCUT2D eigenvalue weighted by Crippen LogP contribution is 2.27. The average molecular weight is 383 g/mol. The normalized spacial score (nSPS) is 10.8. The fourth-order valence-corrected chi connectivity index (χ4v) is 3.16. The van der Waals surface area contributed by atoms with Crippen LogP contribution in [0, 0.1) is 4.91 Å². The number of hydrogen-bond donors (Lipinski definition) is 2. The van der Waals surface area contributed by atoms with E-state index in [1.54, 1.807) is 0 Å². The van der Waals surface area contributed by atoms with E-state index in [9.17, 15) is 14.5 Å². The molecule has 0 aliphatic carbocycles. The summed E-state index contributed by atoms with van der Waals surface area (Å²) < 4.78 is 4.14. The molecule has 0 saturated heterocycles. The number of urea groups is 1. The molecule has 0 atom stereocenters. The second kappa shape index (κ2) is 8.47. The van der Waals surface area contributed by atoms with Gasteiger partial charge in [0.05, 0.1) is 5.29 Å². The highest BCUT2D eigenvalue weighted by Gasteiger charge is 2.14. The first-order valence-electron chi connectivity index (χ1n) is 8.99. The smallest absolute Gasteiger partial charge is 0.340 e. The van der Waals surface area contributed by atoms with Gasteiger partial charge in [-0.05, 0) is 6.07 Å². The number of rotatable bonds is 7. The van der Waals surface area contributed by atoms with Crippen molar-refractivity contribution in [2.24, 2.45) is 12.3 Å². The number of nitrogens with one attached hydrogen (secondary N) is 2. The second-order valence-corrected chi connectivity index (χ2v) is 6.52. The number of aromatic nitrogens is 2. The molecule has 0 bridgehead atoms. The summed E-state index contributed by atoms with van der Waals surface area (Å²) in [7, 11) is 3.23. The summed E-state index contributed by atoms with van der Waals surface area (Å²) >= 11 is 0. The van der Waals surface area contributed by atoms with Gasteiger partial charge >= 0.3 is 6.03 Å². The van der Waals surface area contributed by atoms with Crippen LogP contribution in [-0.4, -0.2) is 41.7 Å². The Morgan fingerprint density at radius 3 is 2.61 bits per heavy atom. The molecule has 0 unspecified atom stereocenters. The zero-order valence-corrected chi connectivity index (χ0v) is 15.9. The van der Waals surface area contributed by atoms with Gasteiger partial charge in [0, 0.05) is 55.5 Å². The topological polar surface area (TPSA) is 99.7 Å². The molecule has 0 saturated carbocycles. The molecule has 0 aliphatic rings. The minimum absolute atomic E-state index is 0.109. The molecule has 2 heterocycles. The first kappa shape index (κ1) is 19.3. The lowest BCUT2D eigenvalue weighted by atomic mass is 10.2. The van der Waals surface area contributed by atoms with Gasteiger partial charge in [-0.3, -0.25) is 4.79 Å². The number of benzene rings is 1. The van der Waals surface area contributed by atoms with Crippen molar-refractivity contribution in [2.45, 2.75) is 13.0 Å². The lowest BCUT2D eigenvalue weighted by Crippen LogP contribution is -2.39. The Morgan fingerprint density at radius 2 is 1.82 bits per heavy atom. The van der Waals surface area contributed by atoms with Gasteiger partial charge in [-0.25, -0.2) is 9.36 Å². The van der Waals surface area contributed by atoms with Crippen LogP contribution in [-0.2, 0) is 18.4 Å². The van der Waals surface area contributed by atoms with Gasteiger partial charge in [-0.15, -0.1) is 4.91 Å². The van der Waals surface area contributed by atoms with Crippen molar-refractivity contribution in [1.29, 1.82) is 0 Å². The number of carbonyl (C=O) groups excluding carboxylic acids is 2. The lowest BCUT2D eigenvalue weighted by molar-refractivity contribution is -0.670. The van der Waals surface area contributed by atoms with E-state index in [1.807, 2.05) is 29.9 Å². The van der Waals surface area contributed by atoms with Gasteiger partial charge in [0.25, 0.3) is 0 Å². The average Bonchev–Trinajstić information content (AvgIpc) is 3.01. The molecule has 3 rings (SSSR count). The van der Waals surface area contributed by atoms with E-state index in [0.29, 0.717) is 18.0 Å². The van der Waals surface area contributed by atoms with Crippen LogP contribution in [0.1, 0.15) is 6.42 Å². The van der Waals surface area contributed by atoms with E-state index < -0.39 is 6.03 Å². The van der Waals surface area contributed by atoms with Crippen molar-refractivity contribution < 1.29 is 14.2 Å². The molecular formula is C19H23N6O3+. The first-order valence-corrected chi connectivity index (χ1v) is 8.99. The maximum Gasteiger partial charge on any atom is 0.340 e. The number of para-hydroxylation sites is 1. The van der Waals surface area contributed by atoms with Crippen LogP contribution >= 0.6 is 0 Å². The van der Waals surface area contributed by atoms with Crippen LogP contribution in [0.5, 0.6) is 0 Å². The summed E-state index contributed by atoms with van der Waals surface area (Å²) in [6.07, 6.45) is 4.38.